The van der Waals surface area contributed by atoms with E-state index in [2.05, 4.69) is 31.4 Å². The van der Waals surface area contributed by atoms with E-state index in [-0.39, 0.29) is 40.7 Å². The molecule has 4 aromatic rings. The first-order valence-electron chi connectivity index (χ1n) is 15.5. The lowest BCUT2D eigenvalue weighted by molar-refractivity contribution is -0.151. The van der Waals surface area contributed by atoms with Crippen LogP contribution in [0, 0.1) is 0 Å². The molecule has 0 bridgehead atoms. The number of hydrogen-bond acceptors (Lipinski definition) is 6. The summed E-state index contributed by atoms with van der Waals surface area (Å²) in [7, 11) is 0. The number of fused-ring (bicyclic) bond motifs is 1. The molecule has 0 radical (unpaired) electrons. The number of aromatic nitrogens is 1. The molecule has 3 aromatic carbocycles. The second-order valence-electron chi connectivity index (χ2n) is 13.7. The van der Waals surface area contributed by atoms with E-state index in [0.717, 1.165) is 11.1 Å². The molecule has 1 heterocycles. The van der Waals surface area contributed by atoms with E-state index in [1.807, 2.05) is 24.3 Å². The summed E-state index contributed by atoms with van der Waals surface area (Å²) in [4.78, 5) is 66.6. The second-order valence-corrected chi connectivity index (χ2v) is 14.1. The number of aromatic carboxylic acids is 1. The Morgan fingerprint density at radius 1 is 0.878 bits per heavy atom. The number of rotatable bonds is 8. The van der Waals surface area contributed by atoms with E-state index in [1.165, 1.54) is 35.2 Å². The Bertz CT molecular complexity index is 1940. The minimum Gasteiger partial charge on any atom is -0.477 e. The summed E-state index contributed by atoms with van der Waals surface area (Å²) in [5, 5.41) is 25.1. The Hall–Kier alpha value is -5.20. The maximum Gasteiger partial charge on any atom is 0.416 e. The Morgan fingerprint density at radius 2 is 1.53 bits per heavy atom. The van der Waals surface area contributed by atoms with Gasteiger partial charge in [0.05, 0.1) is 5.52 Å². The summed E-state index contributed by atoms with van der Waals surface area (Å²) in [6.07, 6.45) is -1.44. The fourth-order valence-corrected chi connectivity index (χ4v) is 5.76. The standard InChI is InChI=1S/C36H40ClN5O7/c1-35(2,3)23-10-7-20(8-11-23)15-28(30(43)39-25-13-14-27-22(16-25)17-29(33(46)47)41(27)34(48)49)42(36(4,5)6)32(45)31(44)40-26-18-24(37)12-9-21(26)19-38/h7-14,16-18,28H,15,19,38H2,1-6H3,(H,39,43)(H,40,44)(H,46,47)(H,48,49)/t28-/m0/s1. The maximum atomic E-state index is 14.2. The van der Waals surface area contributed by atoms with Crippen LogP contribution in [0.25, 0.3) is 10.9 Å². The molecule has 0 aliphatic heterocycles. The molecule has 4 rings (SSSR count). The predicted octanol–water partition coefficient (Wildman–Crippen LogP) is 6.09. The highest BCUT2D eigenvalue weighted by molar-refractivity contribution is 6.40. The zero-order chi connectivity index (χ0) is 36.4. The summed E-state index contributed by atoms with van der Waals surface area (Å²) >= 11 is 6.15. The molecule has 0 saturated carbocycles. The summed E-state index contributed by atoms with van der Waals surface area (Å²) in [6.45, 7) is 11.4. The number of nitrogens with two attached hydrogens (primary N) is 1. The molecule has 13 heteroatoms. The SMILES string of the molecule is CC(C)(C)c1ccc(C[C@@H](C(=O)Nc2ccc3c(c2)cc(C(=O)O)n3C(=O)O)N(C(=O)C(=O)Nc2cc(Cl)ccc2CN)C(C)(C)C)cc1. The number of amides is 3. The van der Waals surface area contributed by atoms with Gasteiger partial charge in [0.1, 0.15) is 11.7 Å². The highest BCUT2D eigenvalue weighted by Crippen LogP contribution is 2.28. The van der Waals surface area contributed by atoms with E-state index in [1.54, 1.807) is 32.9 Å². The monoisotopic (exact) mass is 689 g/mol. The fraction of sp³-hybridized carbons (Fsp3) is 0.306. The van der Waals surface area contributed by atoms with Gasteiger partial charge in [0.25, 0.3) is 0 Å². The number of benzene rings is 3. The minimum atomic E-state index is -1.48. The van der Waals surface area contributed by atoms with Gasteiger partial charge in [0.2, 0.25) is 5.91 Å². The molecule has 258 valence electrons. The average molecular weight is 690 g/mol. The first-order valence-corrected chi connectivity index (χ1v) is 15.8. The molecule has 0 fully saturated rings. The number of carboxylic acid groups (broad SMARTS) is 2. The van der Waals surface area contributed by atoms with Gasteiger partial charge in [0, 0.05) is 40.3 Å². The molecule has 1 aromatic heterocycles. The Morgan fingerprint density at radius 3 is 2.08 bits per heavy atom. The van der Waals surface area contributed by atoms with Crippen LogP contribution in [0.5, 0.6) is 0 Å². The van der Waals surface area contributed by atoms with Crippen LogP contribution in [-0.2, 0) is 32.8 Å². The maximum absolute atomic E-state index is 14.2. The fourth-order valence-electron chi connectivity index (χ4n) is 5.59. The van der Waals surface area contributed by atoms with Gasteiger partial charge >= 0.3 is 23.9 Å². The Labute approximate surface area is 288 Å². The number of halogens is 1. The van der Waals surface area contributed by atoms with E-state index in [4.69, 9.17) is 17.3 Å². The second kappa shape index (κ2) is 14.1. The highest BCUT2D eigenvalue weighted by atomic mass is 35.5. The van der Waals surface area contributed by atoms with Crippen LogP contribution >= 0.6 is 11.6 Å². The van der Waals surface area contributed by atoms with Crippen LogP contribution in [0.3, 0.4) is 0 Å². The number of carboxylic acids is 1. The molecule has 0 saturated heterocycles. The molecule has 0 aliphatic rings. The molecule has 0 aliphatic carbocycles. The number of carbonyl (C=O) groups excluding carboxylic acids is 3. The lowest BCUT2D eigenvalue weighted by Gasteiger charge is -2.40. The highest BCUT2D eigenvalue weighted by Gasteiger charge is 2.40. The first kappa shape index (κ1) is 36.6. The third kappa shape index (κ3) is 8.27. The summed E-state index contributed by atoms with van der Waals surface area (Å²) in [6, 6.07) is 16.6. The van der Waals surface area contributed by atoms with E-state index in [9.17, 15) is 34.2 Å². The molecule has 12 nitrogen and oxygen atoms in total. The molecular weight excluding hydrogens is 650 g/mol. The summed E-state index contributed by atoms with van der Waals surface area (Å²) in [5.41, 5.74) is 7.18. The zero-order valence-electron chi connectivity index (χ0n) is 28.1. The zero-order valence-corrected chi connectivity index (χ0v) is 28.9. The lowest BCUT2D eigenvalue weighted by Crippen LogP contribution is -2.59. The van der Waals surface area contributed by atoms with Gasteiger partial charge in [-0.3, -0.25) is 14.4 Å². The van der Waals surface area contributed by atoms with Crippen molar-refractivity contribution in [3.63, 3.8) is 0 Å². The topological polar surface area (TPSA) is 184 Å². The number of nitrogens with zero attached hydrogens (tertiary/aromatic N) is 2. The van der Waals surface area contributed by atoms with Crippen LogP contribution in [0.15, 0.2) is 66.7 Å². The van der Waals surface area contributed by atoms with E-state index in [0.29, 0.717) is 15.2 Å². The van der Waals surface area contributed by atoms with Crippen LogP contribution in [0.4, 0.5) is 16.2 Å². The smallest absolute Gasteiger partial charge is 0.416 e. The van der Waals surface area contributed by atoms with Crippen LogP contribution in [-0.4, -0.2) is 61.0 Å². The van der Waals surface area contributed by atoms with Crippen molar-refractivity contribution in [3.8, 4) is 0 Å². The average Bonchev–Trinajstić information content (AvgIpc) is 3.39. The van der Waals surface area contributed by atoms with Gasteiger partial charge in [-0.25, -0.2) is 14.2 Å². The molecule has 0 unspecified atom stereocenters. The Kier molecular flexibility index (Phi) is 10.5. The summed E-state index contributed by atoms with van der Waals surface area (Å²) in [5.74, 6) is -4.03. The largest absolute Gasteiger partial charge is 0.477 e. The van der Waals surface area contributed by atoms with Gasteiger partial charge in [0.15, 0.2) is 0 Å². The van der Waals surface area contributed by atoms with Crippen molar-refractivity contribution in [2.24, 2.45) is 5.73 Å². The van der Waals surface area contributed by atoms with Gasteiger partial charge in [-0.05, 0) is 79.3 Å². The van der Waals surface area contributed by atoms with Crippen molar-refractivity contribution in [1.82, 2.24) is 9.47 Å². The molecule has 3 amide bonds. The molecule has 49 heavy (non-hydrogen) atoms. The number of anilines is 2. The van der Waals surface area contributed by atoms with Crippen molar-refractivity contribution in [2.45, 2.75) is 71.5 Å². The number of nitrogens with one attached hydrogen (secondary N) is 2. The number of carbonyl (C=O) groups is 5. The molecule has 0 spiro atoms. The lowest BCUT2D eigenvalue weighted by atomic mass is 9.86. The van der Waals surface area contributed by atoms with Crippen molar-refractivity contribution >= 4 is 63.7 Å². The van der Waals surface area contributed by atoms with Crippen molar-refractivity contribution < 1.29 is 34.2 Å². The van der Waals surface area contributed by atoms with Crippen LogP contribution in [0.2, 0.25) is 5.02 Å². The van der Waals surface area contributed by atoms with Gasteiger partial charge in [-0.1, -0.05) is 62.7 Å². The van der Waals surface area contributed by atoms with Crippen molar-refractivity contribution in [1.29, 1.82) is 0 Å². The van der Waals surface area contributed by atoms with Crippen LogP contribution < -0.4 is 16.4 Å². The predicted molar refractivity (Wildman–Crippen MR) is 188 cm³/mol. The van der Waals surface area contributed by atoms with Crippen molar-refractivity contribution in [2.75, 3.05) is 10.6 Å². The van der Waals surface area contributed by atoms with Gasteiger partial charge < -0.3 is 31.5 Å². The molecule has 6 N–H and O–H groups in total. The van der Waals surface area contributed by atoms with Crippen molar-refractivity contribution in [3.05, 3.63) is 94.1 Å². The first-order chi connectivity index (χ1) is 22.8. The molecular formula is C36H40ClN5O7. The summed E-state index contributed by atoms with van der Waals surface area (Å²) < 4.78 is 0.641. The van der Waals surface area contributed by atoms with Crippen LogP contribution in [0.1, 0.15) is 68.7 Å². The quantitative estimate of drug-likeness (QED) is 0.138. The van der Waals surface area contributed by atoms with Gasteiger partial charge in [-0.2, -0.15) is 0 Å². The normalized spacial score (nSPS) is 12.3. The van der Waals surface area contributed by atoms with E-state index >= 15 is 0 Å². The third-order valence-electron chi connectivity index (χ3n) is 8.02. The number of hydrogen-bond donors (Lipinski definition) is 5. The minimum absolute atomic E-state index is 0.0402. The Balaban J connectivity index is 1.75. The third-order valence-corrected chi connectivity index (χ3v) is 8.25. The van der Waals surface area contributed by atoms with E-state index < -0.39 is 47.1 Å². The molecule has 1 atom stereocenters. The van der Waals surface area contributed by atoms with Gasteiger partial charge in [-0.15, -0.1) is 0 Å².